The Morgan fingerprint density at radius 3 is 2.32 bits per heavy atom. The highest BCUT2D eigenvalue weighted by atomic mass is 16.6. The number of epoxide rings is 1. The summed E-state index contributed by atoms with van der Waals surface area (Å²) in [4.78, 5) is 36.2. The van der Waals surface area contributed by atoms with Gasteiger partial charge < -0.3 is 10.1 Å². The molecule has 0 spiro atoms. The van der Waals surface area contributed by atoms with Crippen LogP contribution in [-0.2, 0) is 19.1 Å². The molecule has 0 aromatic heterocycles. The SMILES string of the molecule is [2H]C(C)(C)C([2H])([2H])C([2H])([2H])NC(=O)[C@@H](CC(=O)[C@H]1O[C@@H]1C(C)=O)CC(C)C. The van der Waals surface area contributed by atoms with Crippen LogP contribution in [0.5, 0.6) is 0 Å². The summed E-state index contributed by atoms with van der Waals surface area (Å²) in [6.45, 7) is 4.65. The van der Waals surface area contributed by atoms with Crippen LogP contribution in [-0.4, -0.2) is 36.2 Å². The van der Waals surface area contributed by atoms with Gasteiger partial charge in [0.1, 0.15) is 12.2 Å². The zero-order valence-corrected chi connectivity index (χ0v) is 13.9. The van der Waals surface area contributed by atoms with Gasteiger partial charge in [-0.2, -0.15) is 0 Å². The number of nitrogens with one attached hydrogen (secondary N) is 1. The van der Waals surface area contributed by atoms with Gasteiger partial charge in [0.15, 0.2) is 11.6 Å². The van der Waals surface area contributed by atoms with Crippen LogP contribution in [0.3, 0.4) is 0 Å². The lowest BCUT2D eigenvalue weighted by molar-refractivity contribution is -0.130. The maximum atomic E-state index is 12.6. The van der Waals surface area contributed by atoms with Gasteiger partial charge in [-0.3, -0.25) is 14.4 Å². The molecule has 1 saturated heterocycles. The number of ketones is 2. The minimum Gasteiger partial charge on any atom is -0.356 e. The fourth-order valence-electron chi connectivity index (χ4n) is 2.20. The van der Waals surface area contributed by atoms with Gasteiger partial charge in [-0.05, 0) is 31.5 Å². The quantitative estimate of drug-likeness (QED) is 0.626. The Morgan fingerprint density at radius 2 is 1.86 bits per heavy atom. The molecule has 0 unspecified atom stereocenters. The van der Waals surface area contributed by atoms with Crippen molar-refractivity contribution in [1.82, 2.24) is 5.32 Å². The number of ether oxygens (including phenoxy) is 1. The number of Topliss-reactive ketones (excluding diaryl/α,β-unsaturated/α-hetero) is 2. The van der Waals surface area contributed by atoms with Gasteiger partial charge in [0.25, 0.3) is 0 Å². The van der Waals surface area contributed by atoms with Crippen molar-refractivity contribution in [1.29, 1.82) is 0 Å². The molecule has 1 rings (SSSR count). The third-order valence-electron chi connectivity index (χ3n) is 3.28. The first-order valence-corrected chi connectivity index (χ1v) is 7.52. The van der Waals surface area contributed by atoms with Crippen molar-refractivity contribution in [3.05, 3.63) is 0 Å². The van der Waals surface area contributed by atoms with E-state index in [1.165, 1.54) is 20.8 Å². The Morgan fingerprint density at radius 1 is 1.23 bits per heavy atom. The molecule has 5 heteroatoms. The molecule has 0 aromatic rings. The molecule has 0 aliphatic carbocycles. The smallest absolute Gasteiger partial charge is 0.223 e. The second-order valence-corrected chi connectivity index (χ2v) is 6.32. The molecule has 1 N–H and O–H groups in total. The fourth-order valence-corrected chi connectivity index (χ4v) is 2.20. The van der Waals surface area contributed by atoms with Crippen LogP contribution < -0.4 is 5.32 Å². The van der Waals surface area contributed by atoms with Crippen LogP contribution in [0.2, 0.25) is 0 Å². The number of hydrogen-bond donors (Lipinski definition) is 1. The van der Waals surface area contributed by atoms with Crippen molar-refractivity contribution in [2.75, 3.05) is 6.50 Å². The maximum absolute atomic E-state index is 12.6. The predicted molar refractivity (Wildman–Crippen MR) is 84.4 cm³/mol. The molecule has 0 bridgehead atoms. The van der Waals surface area contributed by atoms with Crippen molar-refractivity contribution in [2.24, 2.45) is 17.7 Å². The second-order valence-electron chi connectivity index (χ2n) is 6.32. The van der Waals surface area contributed by atoms with Gasteiger partial charge in [-0.25, -0.2) is 0 Å². The monoisotopic (exact) mass is 316 g/mol. The Labute approximate surface area is 140 Å². The Hall–Kier alpha value is -1.23. The minimum atomic E-state index is -2.80. The van der Waals surface area contributed by atoms with E-state index in [0.717, 1.165) is 0 Å². The molecule has 0 radical (unpaired) electrons. The second kappa shape index (κ2) is 8.42. The van der Waals surface area contributed by atoms with Crippen LogP contribution in [0, 0.1) is 17.7 Å². The molecule has 126 valence electrons. The van der Waals surface area contributed by atoms with Crippen molar-refractivity contribution in [3.8, 4) is 0 Å². The molecule has 0 saturated carbocycles. The average molecular weight is 316 g/mol. The molecule has 1 amide bonds. The van der Waals surface area contributed by atoms with Gasteiger partial charge in [-0.15, -0.1) is 0 Å². The zero-order chi connectivity index (χ0) is 21.4. The van der Waals surface area contributed by atoms with Gasteiger partial charge in [0.05, 0.1) is 0 Å². The summed E-state index contributed by atoms with van der Waals surface area (Å²) < 4.78 is 44.6. The molecule has 0 aromatic carbocycles. The summed E-state index contributed by atoms with van der Waals surface area (Å²) in [5.74, 6) is -4.11. The van der Waals surface area contributed by atoms with Gasteiger partial charge in [0.2, 0.25) is 5.91 Å². The first-order valence-electron chi connectivity index (χ1n) is 10.0. The Balaban J connectivity index is 2.89. The lowest BCUT2D eigenvalue weighted by atomic mass is 9.90. The van der Waals surface area contributed by atoms with Crippen molar-refractivity contribution in [2.45, 2.75) is 66.0 Å². The number of rotatable bonds is 10. The molecular formula is C17H29NO4. The van der Waals surface area contributed by atoms with Crippen LogP contribution in [0.15, 0.2) is 0 Å². The number of carbonyl (C=O) groups excluding carboxylic acids is 3. The zero-order valence-electron chi connectivity index (χ0n) is 18.9. The van der Waals surface area contributed by atoms with E-state index in [9.17, 15) is 14.4 Å². The van der Waals surface area contributed by atoms with E-state index in [-0.39, 0.29) is 18.1 Å². The standard InChI is InChI=1S/C17H29NO4/c1-10(2)6-7-18-17(21)13(8-11(3)4)9-14(20)16-15(22-16)12(5)19/h10-11,13,15-16H,6-9H2,1-5H3,(H,18,21)/t13-,15-,16-/m1/s1/i6D2,7D2,10D. The lowest BCUT2D eigenvalue weighted by Gasteiger charge is -2.18. The van der Waals surface area contributed by atoms with Gasteiger partial charge >= 0.3 is 0 Å². The van der Waals surface area contributed by atoms with Crippen LogP contribution >= 0.6 is 0 Å². The maximum Gasteiger partial charge on any atom is 0.223 e. The Kier molecular flexibility index (Phi) is 4.68. The summed E-state index contributed by atoms with van der Waals surface area (Å²) >= 11 is 0. The first kappa shape index (κ1) is 12.2. The van der Waals surface area contributed by atoms with Crippen LogP contribution in [0.1, 0.15) is 60.7 Å². The van der Waals surface area contributed by atoms with Crippen LogP contribution in [0.4, 0.5) is 0 Å². The molecular weight excluding hydrogens is 282 g/mol. The minimum absolute atomic E-state index is 0.0347. The van der Waals surface area contributed by atoms with E-state index in [2.05, 4.69) is 0 Å². The fraction of sp³-hybridized carbons (Fsp3) is 0.824. The van der Waals surface area contributed by atoms with E-state index >= 15 is 0 Å². The van der Waals surface area contributed by atoms with Crippen molar-refractivity contribution in [3.63, 3.8) is 0 Å². The van der Waals surface area contributed by atoms with Crippen LogP contribution in [0.25, 0.3) is 0 Å². The van der Waals surface area contributed by atoms with E-state index < -0.39 is 48.6 Å². The van der Waals surface area contributed by atoms with E-state index in [4.69, 9.17) is 11.6 Å². The summed E-state index contributed by atoms with van der Waals surface area (Å²) in [6, 6.07) is 0. The highest BCUT2D eigenvalue weighted by Gasteiger charge is 2.48. The molecule has 3 atom stereocenters. The highest BCUT2D eigenvalue weighted by molar-refractivity contribution is 5.97. The number of carbonyl (C=O) groups is 3. The highest BCUT2D eigenvalue weighted by Crippen LogP contribution is 2.27. The van der Waals surface area contributed by atoms with Crippen molar-refractivity contribution >= 4 is 17.5 Å². The molecule has 1 aliphatic rings. The summed E-state index contributed by atoms with van der Waals surface area (Å²) in [6.07, 6.45) is -4.23. The van der Waals surface area contributed by atoms with Gasteiger partial charge in [0, 0.05) is 25.7 Å². The lowest BCUT2D eigenvalue weighted by Crippen LogP contribution is -2.34. The number of hydrogen-bond acceptors (Lipinski definition) is 4. The molecule has 1 aliphatic heterocycles. The molecule has 1 heterocycles. The van der Waals surface area contributed by atoms with E-state index in [1.54, 1.807) is 0 Å². The average Bonchev–Trinajstić information content (AvgIpc) is 3.24. The largest absolute Gasteiger partial charge is 0.356 e. The van der Waals surface area contributed by atoms with E-state index in [0.29, 0.717) is 6.42 Å². The van der Waals surface area contributed by atoms with Gasteiger partial charge in [-0.1, -0.05) is 27.7 Å². The molecule has 5 nitrogen and oxygen atoms in total. The first-order chi connectivity index (χ1) is 12.0. The molecule has 22 heavy (non-hydrogen) atoms. The van der Waals surface area contributed by atoms with Crippen molar-refractivity contribution < 1.29 is 26.0 Å². The summed E-state index contributed by atoms with van der Waals surface area (Å²) in [5, 5.41) is 2.05. The summed E-state index contributed by atoms with van der Waals surface area (Å²) in [7, 11) is 0. The molecule has 1 fully saturated rings. The Bertz CT molecular complexity index is 601. The topological polar surface area (TPSA) is 75.8 Å². The normalized spacial score (nSPS) is 26.9. The third-order valence-corrected chi connectivity index (χ3v) is 3.28. The number of amides is 1. The predicted octanol–water partition coefficient (Wildman–Crippen LogP) is 2.13. The third kappa shape index (κ3) is 6.26. The van der Waals surface area contributed by atoms with E-state index in [1.807, 2.05) is 19.2 Å². The summed E-state index contributed by atoms with van der Waals surface area (Å²) in [5.41, 5.74) is 0.